The van der Waals surface area contributed by atoms with Crippen LogP contribution in [0.15, 0.2) is 71.3 Å². The summed E-state index contributed by atoms with van der Waals surface area (Å²) in [7, 11) is 0. The molecule has 0 radical (unpaired) electrons. The maximum Gasteiger partial charge on any atom is 0.293 e. The number of morpholine rings is 1. The molecule has 0 unspecified atom stereocenters. The fourth-order valence-corrected chi connectivity index (χ4v) is 3.94. The molecule has 1 saturated heterocycles. The van der Waals surface area contributed by atoms with Crippen molar-refractivity contribution in [2.24, 2.45) is 0 Å². The minimum Gasteiger partial charge on any atom is -0.434 e. The van der Waals surface area contributed by atoms with Gasteiger partial charge in [0.05, 0.1) is 18.1 Å². The largest absolute Gasteiger partial charge is 0.434 e. The van der Waals surface area contributed by atoms with Crippen LogP contribution in [0.4, 0.5) is 11.4 Å². The van der Waals surface area contributed by atoms with E-state index in [1.165, 1.54) is 12.1 Å². The Morgan fingerprint density at radius 2 is 1.94 bits per heavy atom. The van der Waals surface area contributed by atoms with Crippen molar-refractivity contribution < 1.29 is 18.9 Å². The summed E-state index contributed by atoms with van der Waals surface area (Å²) in [6.45, 7) is 2.61. The summed E-state index contributed by atoms with van der Waals surface area (Å²) >= 11 is 0. The number of rotatable bonds is 7. The fourth-order valence-electron chi connectivity index (χ4n) is 3.94. The molecule has 1 aliphatic heterocycles. The van der Waals surface area contributed by atoms with Gasteiger partial charge in [-0.15, -0.1) is 0 Å². The number of amides is 1. The van der Waals surface area contributed by atoms with Crippen LogP contribution in [0.3, 0.4) is 0 Å². The highest BCUT2D eigenvalue weighted by molar-refractivity contribution is 5.92. The van der Waals surface area contributed by atoms with Crippen LogP contribution in [0.5, 0.6) is 0 Å². The van der Waals surface area contributed by atoms with Gasteiger partial charge < -0.3 is 19.4 Å². The Morgan fingerprint density at radius 1 is 1.14 bits per heavy atom. The number of nitrogens with zero attached hydrogens (tertiary/aromatic N) is 4. The van der Waals surface area contributed by atoms with E-state index >= 15 is 0 Å². The number of hydrogen-bond acceptors (Lipinski definition) is 8. The van der Waals surface area contributed by atoms with Crippen molar-refractivity contribution in [2.75, 3.05) is 31.2 Å². The maximum absolute atomic E-state index is 12.3. The molecular formula is C26H23N5O5. The van der Waals surface area contributed by atoms with Gasteiger partial charge in [0.25, 0.3) is 5.69 Å². The molecule has 5 rings (SSSR count). The van der Waals surface area contributed by atoms with E-state index in [1.54, 1.807) is 30.5 Å². The van der Waals surface area contributed by atoms with Gasteiger partial charge in [-0.3, -0.25) is 14.9 Å². The van der Waals surface area contributed by atoms with E-state index in [1.807, 2.05) is 35.2 Å². The zero-order valence-corrected chi connectivity index (χ0v) is 19.3. The lowest BCUT2D eigenvalue weighted by Crippen LogP contribution is -2.36. The van der Waals surface area contributed by atoms with Gasteiger partial charge in [0.15, 0.2) is 11.2 Å². The fraction of sp³-hybridized carbons (Fsp3) is 0.192. The first-order valence-electron chi connectivity index (χ1n) is 11.4. The van der Waals surface area contributed by atoms with Crippen molar-refractivity contribution in [2.45, 2.75) is 6.54 Å². The number of nitrogens with one attached hydrogen (secondary N) is 1. The number of ether oxygens (including phenoxy) is 1. The summed E-state index contributed by atoms with van der Waals surface area (Å²) in [5.41, 5.74) is 4.03. The number of carbonyl (C=O) groups is 1. The highest BCUT2D eigenvalue weighted by Gasteiger charge is 2.21. The Labute approximate surface area is 206 Å². The van der Waals surface area contributed by atoms with Crippen molar-refractivity contribution in [3.8, 4) is 11.5 Å². The number of anilines is 1. The minimum absolute atomic E-state index is 0.00859. The van der Waals surface area contributed by atoms with Crippen molar-refractivity contribution in [1.82, 2.24) is 15.3 Å². The summed E-state index contributed by atoms with van der Waals surface area (Å²) in [6, 6.07) is 16.1. The molecule has 4 aromatic rings. The van der Waals surface area contributed by atoms with Crippen LogP contribution in [0.1, 0.15) is 11.1 Å². The van der Waals surface area contributed by atoms with E-state index in [0.717, 1.165) is 11.1 Å². The monoisotopic (exact) mass is 485 g/mol. The molecule has 0 bridgehead atoms. The number of benzene rings is 2. The van der Waals surface area contributed by atoms with E-state index < -0.39 is 4.92 Å². The molecule has 1 aliphatic rings. The van der Waals surface area contributed by atoms with Crippen LogP contribution >= 0.6 is 0 Å². The van der Waals surface area contributed by atoms with E-state index in [4.69, 9.17) is 9.15 Å². The first-order chi connectivity index (χ1) is 17.6. The summed E-state index contributed by atoms with van der Waals surface area (Å²) in [5.74, 6) is 0.181. The Balaban J connectivity index is 1.20. The molecule has 2 aromatic heterocycles. The Hall–Kier alpha value is -4.57. The number of nitro benzene ring substituents is 1. The molecule has 10 heteroatoms. The van der Waals surface area contributed by atoms with Crippen molar-refractivity contribution in [3.05, 3.63) is 88.1 Å². The number of hydrogen-bond donors (Lipinski definition) is 1. The third kappa shape index (κ3) is 5.23. The molecule has 1 fully saturated rings. The van der Waals surface area contributed by atoms with Gasteiger partial charge in [-0.25, -0.2) is 4.98 Å². The minimum atomic E-state index is -0.400. The maximum atomic E-state index is 12.3. The predicted octanol–water partition coefficient (Wildman–Crippen LogP) is 3.96. The van der Waals surface area contributed by atoms with Crippen molar-refractivity contribution >= 4 is 34.6 Å². The number of nitro groups is 1. The van der Waals surface area contributed by atoms with Crippen LogP contribution in [-0.4, -0.2) is 47.1 Å². The zero-order valence-electron chi connectivity index (χ0n) is 19.3. The first-order valence-corrected chi connectivity index (χ1v) is 11.4. The Morgan fingerprint density at radius 3 is 2.69 bits per heavy atom. The summed E-state index contributed by atoms with van der Waals surface area (Å²) in [5, 5.41) is 14.4. The second kappa shape index (κ2) is 10.4. The van der Waals surface area contributed by atoms with E-state index in [9.17, 15) is 14.9 Å². The van der Waals surface area contributed by atoms with Crippen LogP contribution in [0, 0.1) is 10.1 Å². The topological polar surface area (TPSA) is 124 Å². The molecule has 3 heterocycles. The number of aromatic nitrogens is 2. The van der Waals surface area contributed by atoms with Crippen LogP contribution in [-0.2, 0) is 16.1 Å². The van der Waals surface area contributed by atoms with Crippen LogP contribution in [0.2, 0.25) is 0 Å². The molecule has 10 nitrogen and oxygen atoms in total. The number of oxazole rings is 1. The average Bonchev–Trinajstić information content (AvgIpc) is 3.36. The van der Waals surface area contributed by atoms with E-state index in [-0.39, 0.29) is 11.6 Å². The SMILES string of the molecule is O=C(/C=C/c1ccc(N2CCOCC2)c([N+](=O)[O-])c1)NCc1ccc(-c2nc3ncccc3o2)cc1. The number of carbonyl (C=O) groups excluding carboxylic acids is 1. The highest BCUT2D eigenvalue weighted by atomic mass is 16.6. The zero-order chi connectivity index (χ0) is 24.9. The number of fused-ring (bicyclic) bond motifs is 1. The molecule has 0 spiro atoms. The molecule has 1 N–H and O–H groups in total. The Bertz CT molecular complexity index is 1390. The Kier molecular flexibility index (Phi) is 6.67. The average molecular weight is 486 g/mol. The molecule has 0 saturated carbocycles. The number of pyridine rings is 1. The summed E-state index contributed by atoms with van der Waals surface area (Å²) < 4.78 is 11.1. The lowest BCUT2D eigenvalue weighted by molar-refractivity contribution is -0.384. The van der Waals surface area contributed by atoms with Gasteiger partial charge in [0, 0.05) is 43.5 Å². The van der Waals surface area contributed by atoms with Gasteiger partial charge in [-0.1, -0.05) is 18.2 Å². The van der Waals surface area contributed by atoms with Gasteiger partial charge in [0.1, 0.15) is 5.69 Å². The van der Waals surface area contributed by atoms with Gasteiger partial charge in [0.2, 0.25) is 11.8 Å². The van der Waals surface area contributed by atoms with E-state index in [0.29, 0.717) is 61.2 Å². The standard InChI is InChI=1S/C26H23N5O5/c32-24(10-6-18-5-9-21(22(16-18)31(33)34)30-12-14-35-15-13-30)28-17-19-3-7-20(8-4-19)26-29-25-23(36-26)2-1-11-27-25/h1-11,16H,12-15,17H2,(H,28,32)/b10-6+. The molecule has 182 valence electrons. The lowest BCUT2D eigenvalue weighted by atomic mass is 10.1. The third-order valence-corrected chi connectivity index (χ3v) is 5.81. The molecule has 0 atom stereocenters. The molecule has 1 amide bonds. The smallest absolute Gasteiger partial charge is 0.293 e. The summed E-state index contributed by atoms with van der Waals surface area (Å²) in [4.78, 5) is 34.0. The molecule has 36 heavy (non-hydrogen) atoms. The normalized spacial score (nSPS) is 13.8. The first kappa shape index (κ1) is 23.2. The summed E-state index contributed by atoms with van der Waals surface area (Å²) in [6.07, 6.45) is 4.60. The predicted molar refractivity (Wildman–Crippen MR) is 134 cm³/mol. The van der Waals surface area contributed by atoms with E-state index in [2.05, 4.69) is 15.3 Å². The third-order valence-electron chi connectivity index (χ3n) is 5.81. The van der Waals surface area contributed by atoms with Crippen molar-refractivity contribution in [1.29, 1.82) is 0 Å². The molecular weight excluding hydrogens is 462 g/mol. The van der Waals surface area contributed by atoms with Crippen LogP contribution < -0.4 is 10.2 Å². The van der Waals surface area contributed by atoms with Crippen molar-refractivity contribution in [3.63, 3.8) is 0 Å². The molecule has 0 aliphatic carbocycles. The second-order valence-corrected chi connectivity index (χ2v) is 8.20. The second-order valence-electron chi connectivity index (χ2n) is 8.20. The van der Waals surface area contributed by atoms with Gasteiger partial charge >= 0.3 is 0 Å². The quantitative estimate of drug-likeness (QED) is 0.237. The van der Waals surface area contributed by atoms with Crippen LogP contribution in [0.25, 0.3) is 28.8 Å². The van der Waals surface area contributed by atoms with Gasteiger partial charge in [-0.05, 0) is 47.5 Å². The molecule has 2 aromatic carbocycles. The van der Waals surface area contributed by atoms with Gasteiger partial charge in [-0.2, -0.15) is 4.98 Å². The highest BCUT2D eigenvalue weighted by Crippen LogP contribution is 2.30. The lowest BCUT2D eigenvalue weighted by Gasteiger charge is -2.28.